The number of halogens is 2. The quantitative estimate of drug-likeness (QED) is 0.541. The Morgan fingerprint density at radius 2 is 2.09 bits per heavy atom. The van der Waals surface area contributed by atoms with Gasteiger partial charge < -0.3 is 20.2 Å². The van der Waals surface area contributed by atoms with Crippen molar-refractivity contribution >= 4 is 52.0 Å². The maximum absolute atomic E-state index is 13.3. The zero-order valence-corrected chi connectivity index (χ0v) is 20.4. The molecule has 0 saturated carbocycles. The molecule has 12 heteroatoms. The number of hydrogen-bond acceptors (Lipinski definition) is 7. The zero-order valence-electron chi connectivity index (χ0n) is 18.9. The van der Waals surface area contributed by atoms with Gasteiger partial charge in [0.05, 0.1) is 17.1 Å². The van der Waals surface area contributed by atoms with Crippen molar-refractivity contribution in [1.82, 2.24) is 25.6 Å². The van der Waals surface area contributed by atoms with Gasteiger partial charge in [0.2, 0.25) is 17.7 Å². The van der Waals surface area contributed by atoms with Crippen LogP contribution in [0.3, 0.4) is 0 Å². The predicted molar refractivity (Wildman–Crippen MR) is 125 cm³/mol. The lowest BCUT2D eigenvalue weighted by atomic mass is 10.0. The van der Waals surface area contributed by atoms with Gasteiger partial charge in [0.25, 0.3) is 5.91 Å². The number of aliphatic hydroxyl groups excluding tert-OH is 1. The Hall–Kier alpha value is -2.40. The molecule has 0 aliphatic carbocycles. The van der Waals surface area contributed by atoms with Crippen molar-refractivity contribution in [3.63, 3.8) is 0 Å². The maximum Gasteiger partial charge on any atom is 0.259 e. The van der Waals surface area contributed by atoms with Gasteiger partial charge in [-0.1, -0.05) is 30.1 Å². The highest BCUT2D eigenvalue weighted by Gasteiger charge is 2.44. The normalized spacial score (nSPS) is 23.0. The molecule has 1 aromatic heterocycles. The van der Waals surface area contributed by atoms with Gasteiger partial charge in [-0.05, 0) is 44.9 Å². The summed E-state index contributed by atoms with van der Waals surface area (Å²) in [5.41, 5.74) is 0.679. The average molecular weight is 512 g/mol. The second kappa shape index (κ2) is 10.1. The minimum absolute atomic E-state index is 0.00661. The molecule has 2 fully saturated rings. The van der Waals surface area contributed by atoms with E-state index in [2.05, 4.69) is 15.6 Å². The van der Waals surface area contributed by atoms with E-state index in [0.717, 1.165) is 0 Å². The number of oxazole rings is 1. The highest BCUT2D eigenvalue weighted by molar-refractivity contribution is 6.37. The van der Waals surface area contributed by atoms with Crippen molar-refractivity contribution < 1.29 is 23.9 Å². The second-order valence-corrected chi connectivity index (χ2v) is 9.34. The lowest BCUT2D eigenvalue weighted by molar-refractivity contribution is -0.176. The number of rotatable bonds is 6. The molecular formula is C22H27Cl2N5O5. The number of aliphatic hydroxyl groups is 1. The van der Waals surface area contributed by atoms with E-state index in [9.17, 15) is 19.5 Å². The van der Waals surface area contributed by atoms with Crippen LogP contribution < -0.4 is 10.6 Å². The number of carbonyl (C=O) groups is 3. The van der Waals surface area contributed by atoms with Crippen LogP contribution in [-0.4, -0.2) is 69.5 Å². The molecule has 1 aromatic carbocycles. The van der Waals surface area contributed by atoms with Gasteiger partial charge in [-0.2, -0.15) is 0 Å². The van der Waals surface area contributed by atoms with Crippen molar-refractivity contribution in [2.24, 2.45) is 0 Å². The number of nitrogens with one attached hydrogen (secondary N) is 2. The van der Waals surface area contributed by atoms with Gasteiger partial charge in [0, 0.05) is 18.0 Å². The second-order valence-electron chi connectivity index (χ2n) is 8.49. The molecule has 2 aromatic rings. The van der Waals surface area contributed by atoms with E-state index in [0.29, 0.717) is 42.8 Å². The summed E-state index contributed by atoms with van der Waals surface area (Å²) in [4.78, 5) is 43.4. The molecule has 184 valence electrons. The molecule has 4 rings (SSSR count). The first-order valence-electron chi connectivity index (χ1n) is 11.3. The predicted octanol–water partition coefficient (Wildman–Crippen LogP) is 2.18. The topological polar surface area (TPSA) is 128 Å². The summed E-state index contributed by atoms with van der Waals surface area (Å²) in [7, 11) is 1.66. The largest absolute Gasteiger partial charge is 0.436 e. The van der Waals surface area contributed by atoms with Crippen LogP contribution in [0.5, 0.6) is 0 Å². The Bertz CT molecular complexity index is 1110. The van der Waals surface area contributed by atoms with Crippen LogP contribution in [0.25, 0.3) is 11.1 Å². The Morgan fingerprint density at radius 1 is 1.32 bits per heavy atom. The maximum atomic E-state index is 13.3. The van der Waals surface area contributed by atoms with E-state index < -0.39 is 30.1 Å². The van der Waals surface area contributed by atoms with E-state index in [1.54, 1.807) is 20.0 Å². The summed E-state index contributed by atoms with van der Waals surface area (Å²) in [6, 6.07) is 0.920. The van der Waals surface area contributed by atoms with E-state index in [1.807, 2.05) is 0 Å². The molecule has 0 spiro atoms. The average Bonchev–Trinajstić information content (AvgIpc) is 3.20. The van der Waals surface area contributed by atoms with Gasteiger partial charge in [-0.15, -0.1) is 0 Å². The summed E-state index contributed by atoms with van der Waals surface area (Å²) in [6.45, 7) is 2.18. The molecule has 0 radical (unpaired) electrons. The third-order valence-corrected chi connectivity index (χ3v) is 6.84. The van der Waals surface area contributed by atoms with Gasteiger partial charge in [0.15, 0.2) is 11.7 Å². The van der Waals surface area contributed by atoms with Crippen LogP contribution in [0, 0.1) is 0 Å². The van der Waals surface area contributed by atoms with Crippen LogP contribution in [0.1, 0.15) is 51.0 Å². The molecule has 4 atom stereocenters. The fourth-order valence-corrected chi connectivity index (χ4v) is 5.02. The SMILES string of the molecule is CC[C@H](NC(=O)[C@@H]1CCCN2C(=O)CC[C@H](NC)C(=O)N12)C(O)c1nc2cc(Cl)cc(Cl)c2o1. The summed E-state index contributed by atoms with van der Waals surface area (Å²) >= 11 is 12.2. The number of hydrazine groups is 1. The van der Waals surface area contributed by atoms with Crippen molar-refractivity contribution in [1.29, 1.82) is 0 Å². The zero-order chi connectivity index (χ0) is 24.6. The smallest absolute Gasteiger partial charge is 0.259 e. The fourth-order valence-electron chi connectivity index (χ4n) is 4.50. The van der Waals surface area contributed by atoms with Gasteiger partial charge >= 0.3 is 0 Å². The number of fused-ring (bicyclic) bond motifs is 2. The number of hydrogen-bond donors (Lipinski definition) is 3. The first-order valence-corrected chi connectivity index (χ1v) is 12.0. The van der Waals surface area contributed by atoms with Crippen LogP contribution in [0.15, 0.2) is 16.5 Å². The Balaban J connectivity index is 1.55. The fraction of sp³-hybridized carbons (Fsp3) is 0.545. The van der Waals surface area contributed by atoms with Gasteiger partial charge in [-0.3, -0.25) is 19.4 Å². The number of benzene rings is 1. The molecule has 3 heterocycles. The minimum atomic E-state index is -1.26. The van der Waals surface area contributed by atoms with Crippen molar-refractivity contribution in [2.45, 2.75) is 63.3 Å². The monoisotopic (exact) mass is 511 g/mol. The Kier molecular flexibility index (Phi) is 7.32. The van der Waals surface area contributed by atoms with E-state index >= 15 is 0 Å². The number of aromatic nitrogens is 1. The molecule has 1 unspecified atom stereocenters. The molecule has 3 amide bonds. The molecule has 3 N–H and O–H groups in total. The molecule has 10 nitrogen and oxygen atoms in total. The van der Waals surface area contributed by atoms with Gasteiger partial charge in [0.1, 0.15) is 11.6 Å². The van der Waals surface area contributed by atoms with Crippen molar-refractivity contribution in [2.75, 3.05) is 13.6 Å². The van der Waals surface area contributed by atoms with Crippen LogP contribution in [-0.2, 0) is 14.4 Å². The lowest BCUT2D eigenvalue weighted by Crippen LogP contribution is -2.64. The molecular weight excluding hydrogens is 485 g/mol. The molecule has 2 aliphatic rings. The summed E-state index contributed by atoms with van der Waals surface area (Å²) in [5.74, 6) is -0.955. The highest BCUT2D eigenvalue weighted by atomic mass is 35.5. The molecule has 0 bridgehead atoms. The van der Waals surface area contributed by atoms with E-state index in [-0.39, 0.29) is 34.7 Å². The van der Waals surface area contributed by atoms with Crippen molar-refractivity contribution in [3.8, 4) is 0 Å². The lowest BCUT2D eigenvalue weighted by Gasteiger charge is -2.43. The molecule has 2 aliphatic heterocycles. The minimum Gasteiger partial charge on any atom is -0.436 e. The van der Waals surface area contributed by atoms with Crippen LogP contribution in [0.2, 0.25) is 10.0 Å². The number of likely N-dealkylation sites (N-methyl/N-ethyl adjacent to an activating group) is 1. The molecule has 2 saturated heterocycles. The number of nitrogens with zero attached hydrogens (tertiary/aromatic N) is 3. The Morgan fingerprint density at radius 3 is 2.79 bits per heavy atom. The standard InChI is InChI=1S/C22H27Cl2N5O5/c1-3-13(18(31)21-27-15-10-11(23)9-12(24)19(15)34-21)26-20(32)16-5-4-8-28-17(30)7-6-14(25-2)22(33)29(16)28/h9-10,13-14,16,18,25,31H,3-8H2,1-2H3,(H,26,32)/t13-,14-,16-,18?/m0/s1. The van der Waals surface area contributed by atoms with E-state index in [4.69, 9.17) is 27.6 Å². The summed E-state index contributed by atoms with van der Waals surface area (Å²) < 4.78 is 5.66. The Labute approximate surface area is 206 Å². The van der Waals surface area contributed by atoms with Gasteiger partial charge in [-0.25, -0.2) is 9.99 Å². The van der Waals surface area contributed by atoms with E-state index in [1.165, 1.54) is 16.1 Å². The number of amides is 3. The first-order chi connectivity index (χ1) is 16.2. The van der Waals surface area contributed by atoms with Crippen LogP contribution in [0.4, 0.5) is 0 Å². The van der Waals surface area contributed by atoms with Crippen LogP contribution >= 0.6 is 23.2 Å². The highest BCUT2D eigenvalue weighted by Crippen LogP contribution is 2.31. The summed E-state index contributed by atoms with van der Waals surface area (Å²) in [5, 5.41) is 20.0. The number of carbonyl (C=O) groups excluding carboxylic acids is 3. The molecule has 34 heavy (non-hydrogen) atoms. The third-order valence-electron chi connectivity index (χ3n) is 6.34. The summed E-state index contributed by atoms with van der Waals surface area (Å²) in [6.07, 6.45) is 0.687. The third kappa shape index (κ3) is 4.59. The van der Waals surface area contributed by atoms with Crippen molar-refractivity contribution in [3.05, 3.63) is 28.1 Å². The first kappa shape index (κ1) is 24.7.